The smallest absolute Gasteiger partial charge is 0.250 e. The Labute approximate surface area is 215 Å². The zero-order valence-electron chi connectivity index (χ0n) is 20.6. The number of nitrogens with zero attached hydrogens (tertiary/aromatic N) is 1. The summed E-state index contributed by atoms with van der Waals surface area (Å²) in [7, 11) is 1.85. The largest absolute Gasteiger partial charge is 0.512 e. The molecule has 0 aliphatic heterocycles. The first-order valence-electron chi connectivity index (χ1n) is 12.2. The molecular weight excluding hydrogens is 484 g/mol. The number of nitrogens with two attached hydrogens (primary N) is 1. The maximum Gasteiger partial charge on any atom is 0.250 e. The molecule has 1 aromatic carbocycles. The number of carbonyl (C=O) groups excluding carboxylic acids is 2. The van der Waals surface area contributed by atoms with Crippen LogP contribution in [0.3, 0.4) is 0 Å². The number of halogens is 1. The maximum absolute atomic E-state index is 13.8. The maximum atomic E-state index is 13.8. The number of aromatic hydroxyl groups is 1. The normalized spacial score (nSPS) is 27.6. The van der Waals surface area contributed by atoms with Crippen LogP contribution < -0.4 is 5.73 Å². The summed E-state index contributed by atoms with van der Waals surface area (Å²) in [6.45, 7) is 6.42. The quantitative estimate of drug-likeness (QED) is 0.347. The van der Waals surface area contributed by atoms with E-state index in [1.165, 1.54) is 0 Å². The number of phenols is 1. The third kappa shape index (κ3) is 4.01. The summed E-state index contributed by atoms with van der Waals surface area (Å²) < 4.78 is 0. The van der Waals surface area contributed by atoms with Gasteiger partial charge in [0.25, 0.3) is 5.91 Å². The lowest BCUT2D eigenvalue weighted by Crippen LogP contribution is -2.54. The van der Waals surface area contributed by atoms with Gasteiger partial charge in [-0.1, -0.05) is 31.0 Å². The summed E-state index contributed by atoms with van der Waals surface area (Å²) in [5.41, 5.74) is 4.49. The Hall–Kier alpha value is -2.81. The number of Topliss-reactive ketones (excluding diaryl/α,β-unsaturated/α-hetero) is 1. The molecule has 3 aliphatic rings. The highest BCUT2D eigenvalue weighted by Gasteiger charge is 2.57. The number of carbonyl (C=O) groups is 2. The number of primary amides is 1. The van der Waals surface area contributed by atoms with Crippen molar-refractivity contribution in [3.05, 3.63) is 63.1 Å². The molecule has 0 radical (unpaired) electrons. The molecule has 9 heteroatoms. The molecule has 194 valence electrons. The molecule has 4 rings (SSSR count). The number of likely N-dealkylation sites (N-methyl/N-ethyl adjacent to an activating group) is 1. The van der Waals surface area contributed by atoms with Crippen molar-refractivity contribution in [2.24, 2.45) is 23.5 Å². The Balaban J connectivity index is 1.85. The van der Waals surface area contributed by atoms with Crippen molar-refractivity contribution in [2.75, 3.05) is 13.6 Å². The summed E-state index contributed by atoms with van der Waals surface area (Å²) >= 11 is 6.59. The second-order valence-electron chi connectivity index (χ2n) is 10.3. The molecule has 0 heterocycles. The van der Waals surface area contributed by atoms with Gasteiger partial charge in [0.1, 0.15) is 22.9 Å². The van der Waals surface area contributed by atoms with E-state index >= 15 is 0 Å². The highest BCUT2D eigenvalue weighted by Crippen LogP contribution is 2.55. The molecule has 8 nitrogen and oxygen atoms in total. The van der Waals surface area contributed by atoms with Gasteiger partial charge in [-0.3, -0.25) is 14.5 Å². The van der Waals surface area contributed by atoms with E-state index in [-0.39, 0.29) is 46.8 Å². The number of allylic oxidation sites excluding steroid dienone is 2. The minimum Gasteiger partial charge on any atom is -0.512 e. The Morgan fingerprint density at radius 1 is 1.33 bits per heavy atom. The fraction of sp³-hybridized carbons (Fsp3) is 0.481. The molecule has 0 bridgehead atoms. The zero-order valence-corrected chi connectivity index (χ0v) is 21.3. The van der Waals surface area contributed by atoms with Crippen molar-refractivity contribution in [3.63, 3.8) is 0 Å². The van der Waals surface area contributed by atoms with Gasteiger partial charge >= 0.3 is 0 Å². The van der Waals surface area contributed by atoms with Gasteiger partial charge in [-0.25, -0.2) is 0 Å². The van der Waals surface area contributed by atoms with E-state index in [0.29, 0.717) is 48.5 Å². The third-order valence-corrected chi connectivity index (χ3v) is 8.18. The van der Waals surface area contributed by atoms with Crippen LogP contribution in [0.2, 0.25) is 5.02 Å². The molecule has 0 saturated heterocycles. The lowest BCUT2D eigenvalue weighted by molar-refractivity contribution is -0.120. The molecule has 0 fully saturated rings. The van der Waals surface area contributed by atoms with Gasteiger partial charge in [-0.15, -0.1) is 6.58 Å². The first kappa shape index (κ1) is 26.3. The fourth-order valence-corrected chi connectivity index (χ4v) is 6.85. The standard InChI is InChI=1S/C27H33ClN2O6/c1-4-6-27(36)21-14(11-18(31)22(27)26(29)35)8-13-9-16-17(28)10-15(12-30(3)7-5-2)23(32)20(16)24(33)19(13)25(21)34/h5,10,13-14,21,31-32,34,36H,2,4,6-9,11-12H2,1,3H3,(H2,29,35). The van der Waals surface area contributed by atoms with Crippen LogP contribution in [0.15, 0.2) is 41.4 Å². The minimum absolute atomic E-state index is 0.0530. The number of hydrogen-bond donors (Lipinski definition) is 5. The van der Waals surface area contributed by atoms with E-state index < -0.39 is 35.0 Å². The monoisotopic (exact) mass is 516 g/mol. The predicted molar refractivity (Wildman–Crippen MR) is 136 cm³/mol. The Morgan fingerprint density at radius 2 is 2.03 bits per heavy atom. The van der Waals surface area contributed by atoms with Crippen molar-refractivity contribution in [1.82, 2.24) is 4.90 Å². The van der Waals surface area contributed by atoms with E-state index in [1.54, 1.807) is 19.1 Å². The van der Waals surface area contributed by atoms with Crippen LogP contribution in [-0.4, -0.2) is 56.2 Å². The van der Waals surface area contributed by atoms with Crippen LogP contribution in [0.4, 0.5) is 0 Å². The molecule has 4 unspecified atom stereocenters. The number of rotatable bonds is 7. The molecular formula is C27H33ClN2O6. The molecule has 3 aliphatic carbocycles. The SMILES string of the molecule is C=CCN(C)Cc1cc(Cl)c2c(c1O)C(=O)C1=C(O)C3C(CC(O)=C(C(N)=O)C3(O)CCC)CC1C2. The van der Waals surface area contributed by atoms with E-state index in [0.717, 1.165) is 0 Å². The van der Waals surface area contributed by atoms with Crippen LogP contribution >= 0.6 is 11.6 Å². The van der Waals surface area contributed by atoms with Gasteiger partial charge in [0.15, 0.2) is 5.78 Å². The van der Waals surface area contributed by atoms with Crippen molar-refractivity contribution < 1.29 is 30.0 Å². The molecule has 0 aromatic heterocycles. The first-order valence-corrected chi connectivity index (χ1v) is 12.6. The number of benzene rings is 1. The Bertz CT molecular complexity index is 1210. The number of phenolic OH excluding ortho intramolecular Hbond substituents is 1. The van der Waals surface area contributed by atoms with Crippen molar-refractivity contribution in [2.45, 2.75) is 51.2 Å². The number of hydrogen-bond acceptors (Lipinski definition) is 7. The van der Waals surface area contributed by atoms with Gasteiger partial charge in [-0.05, 0) is 49.8 Å². The van der Waals surface area contributed by atoms with Gasteiger partial charge in [0.2, 0.25) is 0 Å². The van der Waals surface area contributed by atoms with Gasteiger partial charge in [0, 0.05) is 35.7 Å². The number of aliphatic hydroxyl groups excluding tert-OH is 2. The highest BCUT2D eigenvalue weighted by molar-refractivity contribution is 6.32. The average molecular weight is 517 g/mol. The molecule has 1 amide bonds. The lowest BCUT2D eigenvalue weighted by atomic mass is 9.57. The van der Waals surface area contributed by atoms with Crippen LogP contribution in [0.25, 0.3) is 0 Å². The summed E-state index contributed by atoms with van der Waals surface area (Å²) in [6.07, 6.45) is 3.00. The molecule has 6 N–H and O–H groups in total. The Morgan fingerprint density at radius 3 is 2.64 bits per heavy atom. The number of ketones is 1. The molecule has 36 heavy (non-hydrogen) atoms. The Kier molecular flexibility index (Phi) is 6.98. The zero-order chi connectivity index (χ0) is 26.5. The fourth-order valence-electron chi connectivity index (χ4n) is 6.55. The van der Waals surface area contributed by atoms with E-state index in [9.17, 15) is 30.0 Å². The van der Waals surface area contributed by atoms with Crippen LogP contribution in [0, 0.1) is 17.8 Å². The molecule has 4 atom stereocenters. The van der Waals surface area contributed by atoms with Crippen molar-refractivity contribution in [3.8, 4) is 5.75 Å². The second-order valence-corrected chi connectivity index (χ2v) is 10.7. The van der Waals surface area contributed by atoms with Crippen molar-refractivity contribution in [1.29, 1.82) is 0 Å². The summed E-state index contributed by atoms with van der Waals surface area (Å²) in [5, 5.41) is 45.3. The van der Waals surface area contributed by atoms with Gasteiger partial charge in [0.05, 0.1) is 17.1 Å². The van der Waals surface area contributed by atoms with Crippen LogP contribution in [0.1, 0.15) is 54.1 Å². The number of fused-ring (bicyclic) bond motifs is 3. The highest BCUT2D eigenvalue weighted by atomic mass is 35.5. The van der Waals surface area contributed by atoms with E-state index in [2.05, 4.69) is 6.58 Å². The predicted octanol–water partition coefficient (Wildman–Crippen LogP) is 3.70. The average Bonchev–Trinajstić information content (AvgIpc) is 2.76. The van der Waals surface area contributed by atoms with E-state index in [1.807, 2.05) is 11.9 Å². The number of amides is 1. The second kappa shape index (κ2) is 9.57. The minimum atomic E-state index is -1.91. The van der Waals surface area contributed by atoms with Crippen LogP contribution in [-0.2, 0) is 17.8 Å². The molecule has 0 saturated carbocycles. The number of aliphatic hydroxyl groups is 3. The third-order valence-electron chi connectivity index (χ3n) is 7.84. The van der Waals surface area contributed by atoms with Gasteiger partial charge < -0.3 is 26.2 Å². The topological polar surface area (TPSA) is 144 Å². The summed E-state index contributed by atoms with van der Waals surface area (Å²) in [6, 6.07) is 1.66. The molecule has 1 aromatic rings. The van der Waals surface area contributed by atoms with E-state index in [4.69, 9.17) is 17.3 Å². The van der Waals surface area contributed by atoms with Crippen LogP contribution in [0.5, 0.6) is 5.75 Å². The lowest BCUT2D eigenvalue weighted by Gasteiger charge is -2.49. The molecule has 0 spiro atoms. The van der Waals surface area contributed by atoms with Gasteiger partial charge in [-0.2, -0.15) is 0 Å². The van der Waals surface area contributed by atoms with Crippen molar-refractivity contribution >= 4 is 23.3 Å². The summed E-state index contributed by atoms with van der Waals surface area (Å²) in [5.74, 6) is -4.06. The summed E-state index contributed by atoms with van der Waals surface area (Å²) in [4.78, 5) is 27.9. The first-order chi connectivity index (χ1) is 17.0.